The number of fused-ring (bicyclic) bond motifs is 1. The maximum Gasteiger partial charge on any atom is 0.290 e. The van der Waals surface area contributed by atoms with Gasteiger partial charge in [0.25, 0.3) is 5.91 Å². The van der Waals surface area contributed by atoms with Crippen molar-refractivity contribution in [1.29, 1.82) is 0 Å². The summed E-state index contributed by atoms with van der Waals surface area (Å²) in [7, 11) is 2.91. The second-order valence-corrected chi connectivity index (χ2v) is 12.0. The molecule has 5 rings (SSSR count). The van der Waals surface area contributed by atoms with Crippen molar-refractivity contribution in [2.24, 2.45) is 0 Å². The number of halogens is 2. The van der Waals surface area contributed by atoms with Crippen molar-refractivity contribution in [3.63, 3.8) is 0 Å². The normalized spacial score (nSPS) is 17.6. The first-order valence-electron chi connectivity index (χ1n) is 14.7. The molecule has 0 fully saturated rings. The van der Waals surface area contributed by atoms with Crippen LogP contribution in [0.15, 0.2) is 76.7 Å². The molecule has 1 aliphatic rings. The summed E-state index contributed by atoms with van der Waals surface area (Å²) in [5.41, 5.74) is 1.27. The molecule has 11 nitrogen and oxygen atoms in total. The molecular weight excluding hydrogens is 726 g/mol. The first kappa shape index (κ1) is 34.2. The highest BCUT2D eigenvalue weighted by Gasteiger charge is 2.42. The third-order valence-electron chi connectivity index (χ3n) is 7.84. The number of amides is 2. The fraction of sp³-hybridized carbons (Fsp3) is 0.294. The minimum Gasteiger partial charge on any atom is -0.493 e. The average molecular weight is 761 g/mol. The van der Waals surface area contributed by atoms with Crippen LogP contribution in [-0.2, 0) is 17.9 Å². The Balaban J connectivity index is 1.59. The lowest BCUT2D eigenvalue weighted by molar-refractivity contribution is -0.118. The standard InChI is InChI=1S/C34H34FIN2O9/c1-44-26-9-5-7-20-15-29(47-31(20)26)34(43)38(17-21-6-3-4-8-23(21)35)25-14-22(33(42)37-10-11-39)16-27(30(25)41)46-32-24(36)12-19(18-40)13-28(32)45-2/h3-9,12-13,15-16,25,27,30,39-41H,10-11,14,17-18H2,1-2H3,(H,37,42). The van der Waals surface area contributed by atoms with Gasteiger partial charge in [0.2, 0.25) is 5.91 Å². The quantitative estimate of drug-likeness (QED) is 0.158. The Morgan fingerprint density at radius 2 is 1.83 bits per heavy atom. The molecule has 2 amide bonds. The smallest absolute Gasteiger partial charge is 0.290 e. The van der Waals surface area contributed by atoms with E-state index in [-0.39, 0.29) is 61.1 Å². The number of benzene rings is 3. The summed E-state index contributed by atoms with van der Waals surface area (Å²) < 4.78 is 38.8. The van der Waals surface area contributed by atoms with E-state index in [0.717, 1.165) is 0 Å². The van der Waals surface area contributed by atoms with Crippen molar-refractivity contribution in [2.75, 3.05) is 27.4 Å². The predicted octanol–water partition coefficient (Wildman–Crippen LogP) is 3.94. The van der Waals surface area contributed by atoms with Crippen LogP contribution in [0.5, 0.6) is 17.2 Å². The molecule has 4 aromatic rings. The van der Waals surface area contributed by atoms with E-state index in [9.17, 15) is 24.9 Å². The third-order valence-corrected chi connectivity index (χ3v) is 8.64. The van der Waals surface area contributed by atoms with Crippen LogP contribution in [0, 0.1) is 9.39 Å². The highest BCUT2D eigenvalue weighted by Crippen LogP contribution is 2.38. The van der Waals surface area contributed by atoms with Crippen molar-refractivity contribution in [2.45, 2.75) is 37.8 Å². The minimum atomic E-state index is -1.42. The number of ether oxygens (including phenoxy) is 3. The van der Waals surface area contributed by atoms with Crippen LogP contribution in [0.3, 0.4) is 0 Å². The zero-order valence-corrected chi connectivity index (χ0v) is 27.8. The van der Waals surface area contributed by atoms with Gasteiger partial charge in [-0.1, -0.05) is 30.3 Å². The lowest BCUT2D eigenvalue weighted by Gasteiger charge is -2.40. The monoisotopic (exact) mass is 760 g/mol. The second kappa shape index (κ2) is 15.2. The van der Waals surface area contributed by atoms with Gasteiger partial charge in [-0.2, -0.15) is 0 Å². The van der Waals surface area contributed by atoms with Gasteiger partial charge in [0.1, 0.15) is 18.0 Å². The summed E-state index contributed by atoms with van der Waals surface area (Å²) in [6, 6.07) is 14.9. The second-order valence-electron chi connectivity index (χ2n) is 10.8. The number of carbonyl (C=O) groups is 2. The van der Waals surface area contributed by atoms with Gasteiger partial charge in [-0.25, -0.2) is 4.39 Å². The molecule has 47 heavy (non-hydrogen) atoms. The van der Waals surface area contributed by atoms with E-state index in [1.54, 1.807) is 42.5 Å². The van der Waals surface area contributed by atoms with E-state index in [1.165, 1.54) is 43.4 Å². The zero-order valence-electron chi connectivity index (χ0n) is 25.6. The molecule has 0 spiro atoms. The molecule has 1 heterocycles. The molecular formula is C34H34FIN2O9. The lowest BCUT2D eigenvalue weighted by atomic mass is 9.87. The fourth-order valence-corrected chi connectivity index (χ4v) is 6.28. The fourth-order valence-electron chi connectivity index (χ4n) is 5.49. The van der Waals surface area contributed by atoms with Gasteiger partial charge in [0, 0.05) is 36.0 Å². The number of para-hydroxylation sites is 1. The average Bonchev–Trinajstić information content (AvgIpc) is 3.53. The van der Waals surface area contributed by atoms with Crippen LogP contribution in [0.25, 0.3) is 11.0 Å². The van der Waals surface area contributed by atoms with Crippen LogP contribution in [0.2, 0.25) is 0 Å². The lowest BCUT2D eigenvalue weighted by Crippen LogP contribution is -2.54. The highest BCUT2D eigenvalue weighted by atomic mass is 127. The molecule has 0 radical (unpaired) electrons. The van der Waals surface area contributed by atoms with Crippen molar-refractivity contribution in [3.05, 3.63) is 98.6 Å². The van der Waals surface area contributed by atoms with Crippen molar-refractivity contribution < 1.29 is 47.9 Å². The van der Waals surface area contributed by atoms with E-state index >= 15 is 4.39 Å². The molecule has 248 valence electrons. The van der Waals surface area contributed by atoms with Gasteiger partial charge in [-0.3, -0.25) is 9.59 Å². The van der Waals surface area contributed by atoms with Crippen molar-refractivity contribution in [3.8, 4) is 17.2 Å². The zero-order chi connectivity index (χ0) is 33.7. The first-order valence-corrected chi connectivity index (χ1v) is 15.8. The summed E-state index contributed by atoms with van der Waals surface area (Å²) in [6.45, 7) is -0.838. The van der Waals surface area contributed by atoms with Gasteiger partial charge >= 0.3 is 0 Å². The number of aliphatic hydroxyl groups excluding tert-OH is 3. The summed E-state index contributed by atoms with van der Waals surface area (Å²) >= 11 is 2.01. The Morgan fingerprint density at radius 3 is 2.53 bits per heavy atom. The first-order chi connectivity index (χ1) is 22.7. The number of furan rings is 1. The Labute approximate surface area is 283 Å². The van der Waals surface area contributed by atoms with Gasteiger partial charge < -0.3 is 44.2 Å². The van der Waals surface area contributed by atoms with Crippen LogP contribution in [-0.4, -0.2) is 77.7 Å². The topological polar surface area (TPSA) is 151 Å². The Hall–Kier alpha value is -4.18. The summed E-state index contributed by atoms with van der Waals surface area (Å²) in [6.07, 6.45) is -1.27. The predicted molar refractivity (Wildman–Crippen MR) is 178 cm³/mol. The number of hydrogen-bond acceptors (Lipinski definition) is 9. The van der Waals surface area contributed by atoms with Gasteiger partial charge in [-0.05, 0) is 64.6 Å². The van der Waals surface area contributed by atoms with Crippen molar-refractivity contribution in [1.82, 2.24) is 10.2 Å². The maximum absolute atomic E-state index is 15.0. The summed E-state index contributed by atoms with van der Waals surface area (Å²) in [5.74, 6) is -0.894. The molecule has 1 aromatic heterocycles. The maximum atomic E-state index is 15.0. The van der Waals surface area contributed by atoms with E-state index < -0.39 is 35.9 Å². The van der Waals surface area contributed by atoms with Crippen LogP contribution in [0.1, 0.15) is 28.1 Å². The van der Waals surface area contributed by atoms with Crippen molar-refractivity contribution >= 4 is 45.4 Å². The van der Waals surface area contributed by atoms with Crippen LogP contribution in [0.4, 0.5) is 4.39 Å². The number of aliphatic hydroxyl groups is 3. The SMILES string of the molecule is COc1cc(CO)cc(I)c1OC1C=C(C(=O)NCCO)CC(N(Cc2ccccc2F)C(=O)c2cc3cccc(OC)c3o2)C1O. The van der Waals surface area contributed by atoms with Gasteiger partial charge in [-0.15, -0.1) is 0 Å². The van der Waals surface area contributed by atoms with Crippen LogP contribution < -0.4 is 19.5 Å². The van der Waals surface area contributed by atoms with Crippen LogP contribution >= 0.6 is 22.6 Å². The highest BCUT2D eigenvalue weighted by molar-refractivity contribution is 14.1. The van der Waals surface area contributed by atoms with E-state index in [0.29, 0.717) is 25.9 Å². The Bertz CT molecular complexity index is 1790. The molecule has 0 bridgehead atoms. The minimum absolute atomic E-state index is 0.0258. The van der Waals surface area contributed by atoms with E-state index in [2.05, 4.69) is 5.32 Å². The Kier molecular flexibility index (Phi) is 11.0. The molecule has 0 saturated heterocycles. The summed E-state index contributed by atoms with van der Waals surface area (Å²) in [4.78, 5) is 28.9. The van der Waals surface area contributed by atoms with E-state index in [4.69, 9.17) is 18.6 Å². The molecule has 4 N–H and O–H groups in total. The van der Waals surface area contributed by atoms with Gasteiger partial charge in [0.15, 0.2) is 28.6 Å². The molecule has 0 aliphatic heterocycles. The number of nitrogens with zero attached hydrogens (tertiary/aromatic N) is 1. The molecule has 3 aromatic carbocycles. The largest absolute Gasteiger partial charge is 0.493 e. The number of hydrogen-bond donors (Lipinski definition) is 4. The molecule has 3 atom stereocenters. The molecule has 13 heteroatoms. The Morgan fingerprint density at radius 1 is 1.06 bits per heavy atom. The third kappa shape index (κ3) is 7.38. The molecule has 1 aliphatic carbocycles. The van der Waals surface area contributed by atoms with Gasteiger partial charge in [0.05, 0.1) is 37.0 Å². The number of carbonyl (C=O) groups excluding carboxylic acids is 2. The number of nitrogens with one attached hydrogen (secondary N) is 1. The molecule has 3 unspecified atom stereocenters. The summed E-state index contributed by atoms with van der Waals surface area (Å²) in [5, 5.41) is 34.1. The van der Waals surface area contributed by atoms with E-state index in [1.807, 2.05) is 22.6 Å². The number of methoxy groups -OCH3 is 2. The number of rotatable bonds is 12. The molecule has 0 saturated carbocycles.